The van der Waals surface area contributed by atoms with Gasteiger partial charge in [-0.3, -0.25) is 4.79 Å². The largest absolute Gasteiger partial charge is 0.368 e. The molecule has 1 saturated carbocycles. The van der Waals surface area contributed by atoms with E-state index in [9.17, 15) is 4.79 Å². The van der Waals surface area contributed by atoms with Gasteiger partial charge in [-0.25, -0.2) is 0 Å². The van der Waals surface area contributed by atoms with Crippen LogP contribution in [0.1, 0.15) is 39.2 Å². The van der Waals surface area contributed by atoms with E-state index in [1.165, 1.54) is 12.8 Å². The summed E-state index contributed by atoms with van der Waals surface area (Å²) in [6, 6.07) is 14.1. The first-order valence-electron chi connectivity index (χ1n) is 12.5. The topological polar surface area (TPSA) is 48.1 Å². The first-order valence-corrected chi connectivity index (χ1v) is 13.3. The number of carbonyl (C=O) groups excluding carboxylic acids is 1. The van der Waals surface area contributed by atoms with Crippen molar-refractivity contribution in [1.82, 2.24) is 10.2 Å². The Kier molecular flexibility index (Phi) is 6.64. The Bertz CT molecular complexity index is 1170. The number of nitrogens with one attached hydrogen (secondary N) is 1. The van der Waals surface area contributed by atoms with Gasteiger partial charge in [0.1, 0.15) is 0 Å². The highest BCUT2D eigenvalue weighted by molar-refractivity contribution is 6.33. The Morgan fingerprint density at radius 1 is 1.11 bits per heavy atom. The lowest BCUT2D eigenvalue weighted by Gasteiger charge is -2.53. The van der Waals surface area contributed by atoms with Crippen molar-refractivity contribution in [2.45, 2.75) is 57.4 Å². The van der Waals surface area contributed by atoms with E-state index in [1.54, 1.807) is 18.2 Å². The van der Waals surface area contributed by atoms with Gasteiger partial charge in [0.25, 0.3) is 5.91 Å². The Morgan fingerprint density at radius 3 is 2.47 bits per heavy atom. The Morgan fingerprint density at radius 2 is 1.81 bits per heavy atom. The molecule has 0 bridgehead atoms. The van der Waals surface area contributed by atoms with Crippen molar-refractivity contribution in [3.8, 4) is 0 Å². The van der Waals surface area contributed by atoms with Gasteiger partial charge in [0.05, 0.1) is 36.9 Å². The van der Waals surface area contributed by atoms with Gasteiger partial charge in [-0.1, -0.05) is 41.9 Å². The minimum absolute atomic E-state index is 0.0247. The summed E-state index contributed by atoms with van der Waals surface area (Å²) < 4.78 is 6.46. The Hall–Kier alpha value is -2.41. The first kappa shape index (κ1) is 25.2. The van der Waals surface area contributed by atoms with Crippen LogP contribution in [0.4, 0.5) is 11.4 Å². The van der Waals surface area contributed by atoms with E-state index >= 15 is 0 Å². The van der Waals surface area contributed by atoms with Gasteiger partial charge in [-0.05, 0) is 69.5 Å². The summed E-state index contributed by atoms with van der Waals surface area (Å²) in [6.07, 6.45) is 2.43. The Balaban J connectivity index is 1.40. The molecule has 1 amide bonds. The van der Waals surface area contributed by atoms with Gasteiger partial charge < -0.3 is 24.8 Å². The zero-order chi connectivity index (χ0) is 25.7. The summed E-state index contributed by atoms with van der Waals surface area (Å²) in [5.74, 6) is 0.762. The zero-order valence-corrected chi connectivity index (χ0v) is 22.7. The molecule has 0 aromatic heterocycles. The van der Waals surface area contributed by atoms with Crippen molar-refractivity contribution >= 4 is 40.5 Å². The number of hydrogen-bond acceptors (Lipinski definition) is 5. The molecule has 2 heterocycles. The molecule has 8 heteroatoms. The summed E-state index contributed by atoms with van der Waals surface area (Å²) in [6.45, 7) is 13.0. The van der Waals surface area contributed by atoms with Crippen molar-refractivity contribution in [2.24, 2.45) is 0 Å². The van der Waals surface area contributed by atoms with Crippen molar-refractivity contribution in [2.75, 3.05) is 36.0 Å². The lowest BCUT2D eigenvalue weighted by molar-refractivity contribution is -0.171. The summed E-state index contributed by atoms with van der Waals surface area (Å²) in [5.41, 5.74) is 1.70. The summed E-state index contributed by atoms with van der Waals surface area (Å²) in [7, 11) is 0. The molecule has 0 unspecified atom stereocenters. The average molecular weight is 530 g/mol. The number of para-hydroxylation sites is 2. The fraction of sp³-hybridized carbons (Fsp3) is 0.464. The smallest absolute Gasteiger partial charge is 0.263 e. The number of carbonyl (C=O) groups is 1. The maximum atomic E-state index is 14.2. The van der Waals surface area contributed by atoms with Crippen LogP contribution in [0.5, 0.6) is 0 Å². The number of anilines is 2. The second kappa shape index (κ2) is 9.47. The van der Waals surface area contributed by atoms with Crippen LogP contribution in [0.25, 0.3) is 0 Å². The predicted molar refractivity (Wildman–Crippen MR) is 147 cm³/mol. The molecule has 1 aliphatic carbocycles. The standard InChI is InChI=1S/C28H34Cl2N4O2/c1-19(31-27(2,3)4)32-17-28(18-32,36-16-20-15-21(29)9-12-23(20)30)26(35)34-14-13-33(22-10-11-22)24-7-5-6-8-25(24)34/h5-9,12,15,22,31H,1,10-11,13-14,16-18H2,2-4H3. The number of hydrogen-bond donors (Lipinski definition) is 1. The predicted octanol–water partition coefficient (Wildman–Crippen LogP) is 5.44. The number of rotatable bonds is 7. The van der Waals surface area contributed by atoms with E-state index in [2.05, 4.69) is 48.5 Å². The zero-order valence-electron chi connectivity index (χ0n) is 21.2. The average Bonchev–Trinajstić information content (AvgIpc) is 3.63. The lowest BCUT2D eigenvalue weighted by Crippen LogP contribution is -2.71. The Labute approximate surface area is 223 Å². The molecule has 0 radical (unpaired) electrons. The van der Waals surface area contributed by atoms with E-state index in [0.29, 0.717) is 35.7 Å². The van der Waals surface area contributed by atoms with E-state index in [-0.39, 0.29) is 18.1 Å². The SMILES string of the molecule is C=C(NC(C)(C)C)N1CC(OCc2cc(Cl)ccc2Cl)(C(=O)N2CCN(C3CC3)c3ccccc32)C1. The lowest BCUT2D eigenvalue weighted by atomic mass is 9.90. The van der Waals surface area contributed by atoms with Gasteiger partial charge in [-0.15, -0.1) is 0 Å². The summed E-state index contributed by atoms with van der Waals surface area (Å²) in [4.78, 5) is 20.6. The second-order valence-corrected chi connectivity index (χ2v) is 11.9. The summed E-state index contributed by atoms with van der Waals surface area (Å²) in [5, 5.41) is 4.57. The third kappa shape index (κ3) is 5.04. The fourth-order valence-electron chi connectivity index (χ4n) is 5.04. The highest BCUT2D eigenvalue weighted by Crippen LogP contribution is 2.42. The van der Waals surface area contributed by atoms with Gasteiger partial charge in [0, 0.05) is 34.7 Å². The first-order chi connectivity index (χ1) is 17.1. The molecule has 0 spiro atoms. The number of amides is 1. The maximum Gasteiger partial charge on any atom is 0.263 e. The van der Waals surface area contributed by atoms with Gasteiger partial charge >= 0.3 is 0 Å². The maximum absolute atomic E-state index is 14.2. The van der Waals surface area contributed by atoms with E-state index in [0.717, 1.165) is 29.3 Å². The molecule has 1 N–H and O–H groups in total. The quantitative estimate of drug-likeness (QED) is 0.518. The van der Waals surface area contributed by atoms with Crippen LogP contribution in [0.2, 0.25) is 10.0 Å². The van der Waals surface area contributed by atoms with E-state index in [1.807, 2.05) is 23.1 Å². The van der Waals surface area contributed by atoms with Gasteiger partial charge in [0.2, 0.25) is 0 Å². The van der Waals surface area contributed by atoms with Gasteiger partial charge in [-0.2, -0.15) is 0 Å². The third-order valence-electron chi connectivity index (χ3n) is 6.97. The second-order valence-electron chi connectivity index (χ2n) is 11.1. The van der Waals surface area contributed by atoms with Crippen LogP contribution in [0, 0.1) is 0 Å². The fourth-order valence-corrected chi connectivity index (χ4v) is 5.40. The van der Waals surface area contributed by atoms with E-state index in [4.69, 9.17) is 27.9 Å². The van der Waals surface area contributed by atoms with Crippen molar-refractivity contribution in [3.63, 3.8) is 0 Å². The highest BCUT2D eigenvalue weighted by Gasteiger charge is 2.54. The number of ether oxygens (including phenoxy) is 1. The number of nitrogens with zero attached hydrogens (tertiary/aromatic N) is 3. The number of benzene rings is 2. The van der Waals surface area contributed by atoms with Gasteiger partial charge in [0.15, 0.2) is 5.60 Å². The van der Waals surface area contributed by atoms with Crippen LogP contribution < -0.4 is 15.1 Å². The van der Waals surface area contributed by atoms with Crippen LogP contribution in [0.3, 0.4) is 0 Å². The molecule has 2 aromatic rings. The molecule has 3 aliphatic rings. The molecule has 1 saturated heterocycles. The number of fused-ring (bicyclic) bond motifs is 1. The summed E-state index contributed by atoms with van der Waals surface area (Å²) >= 11 is 12.6. The van der Waals surface area contributed by atoms with Crippen molar-refractivity contribution in [3.05, 3.63) is 70.5 Å². The number of likely N-dealkylation sites (tertiary alicyclic amines) is 1. The van der Waals surface area contributed by atoms with Crippen molar-refractivity contribution in [1.29, 1.82) is 0 Å². The van der Waals surface area contributed by atoms with Crippen LogP contribution in [0.15, 0.2) is 54.9 Å². The highest BCUT2D eigenvalue weighted by atomic mass is 35.5. The molecular formula is C28H34Cl2N4O2. The third-order valence-corrected chi connectivity index (χ3v) is 7.58. The normalized spacial score (nSPS) is 19.0. The molecule has 192 valence electrons. The molecule has 36 heavy (non-hydrogen) atoms. The number of halogens is 2. The molecular weight excluding hydrogens is 495 g/mol. The minimum atomic E-state index is -1.01. The molecule has 6 nitrogen and oxygen atoms in total. The van der Waals surface area contributed by atoms with Crippen LogP contribution in [-0.2, 0) is 16.1 Å². The molecule has 2 aliphatic heterocycles. The van der Waals surface area contributed by atoms with Crippen molar-refractivity contribution < 1.29 is 9.53 Å². The molecule has 2 fully saturated rings. The minimum Gasteiger partial charge on any atom is -0.368 e. The monoisotopic (exact) mass is 528 g/mol. The molecule has 2 aromatic carbocycles. The van der Waals surface area contributed by atoms with Crippen LogP contribution in [-0.4, -0.2) is 54.2 Å². The van der Waals surface area contributed by atoms with E-state index < -0.39 is 5.60 Å². The molecule has 0 atom stereocenters. The molecule has 5 rings (SSSR count). The van der Waals surface area contributed by atoms with Crippen LogP contribution >= 0.6 is 23.2 Å².